The van der Waals surface area contributed by atoms with E-state index >= 15 is 0 Å². The molecule has 1 amide bonds. The summed E-state index contributed by atoms with van der Waals surface area (Å²) >= 11 is -1.79. The van der Waals surface area contributed by atoms with Crippen molar-refractivity contribution in [1.82, 2.24) is 4.31 Å². The molecule has 0 aromatic rings. The molecule has 1 saturated heterocycles. The second kappa shape index (κ2) is 4.57. The Bertz CT molecular complexity index is 221. The zero-order valence-electron chi connectivity index (χ0n) is 7.43. The van der Waals surface area contributed by atoms with Gasteiger partial charge in [-0.25, -0.2) is 9.00 Å². The highest BCUT2D eigenvalue weighted by molar-refractivity contribution is 7.78. The van der Waals surface area contributed by atoms with Crippen LogP contribution in [0.3, 0.4) is 0 Å². The quantitative estimate of drug-likeness (QED) is 0.753. The number of nitrogens with zero attached hydrogens (tertiary/aromatic N) is 1. The summed E-state index contributed by atoms with van der Waals surface area (Å²) in [6.45, 7) is 2.27. The summed E-state index contributed by atoms with van der Waals surface area (Å²) in [7, 11) is 0. The van der Waals surface area contributed by atoms with Gasteiger partial charge in [0.2, 0.25) is 0 Å². The molecule has 76 valence electrons. The summed E-state index contributed by atoms with van der Waals surface area (Å²) < 4.78 is 16.7. The summed E-state index contributed by atoms with van der Waals surface area (Å²) in [6, 6.07) is -0.238. The molecule has 1 aliphatic rings. The maximum Gasteiger partial charge on any atom is 0.421 e. The lowest BCUT2D eigenvalue weighted by Crippen LogP contribution is -2.35. The number of hydrogen-bond acceptors (Lipinski definition) is 3. The maximum absolute atomic E-state index is 11.0. The van der Waals surface area contributed by atoms with Crippen molar-refractivity contribution in [2.45, 2.75) is 32.2 Å². The van der Waals surface area contributed by atoms with Gasteiger partial charge in [0.25, 0.3) is 11.3 Å². The average molecular weight is 207 g/mol. The van der Waals surface area contributed by atoms with Gasteiger partial charge in [-0.2, -0.15) is 4.31 Å². The third-order valence-electron chi connectivity index (χ3n) is 1.93. The molecule has 1 N–H and O–H groups in total. The zero-order valence-corrected chi connectivity index (χ0v) is 8.25. The average Bonchev–Trinajstić information content (AvgIpc) is 2.43. The first-order chi connectivity index (χ1) is 6.16. The molecule has 0 aromatic heterocycles. The Kier molecular flexibility index (Phi) is 3.68. The van der Waals surface area contributed by atoms with Crippen molar-refractivity contribution in [1.29, 1.82) is 0 Å². The number of amides is 1. The van der Waals surface area contributed by atoms with E-state index in [1.165, 1.54) is 0 Å². The van der Waals surface area contributed by atoms with Crippen molar-refractivity contribution >= 4 is 17.4 Å². The van der Waals surface area contributed by atoms with Gasteiger partial charge in [-0.15, -0.1) is 0 Å². The van der Waals surface area contributed by atoms with Gasteiger partial charge >= 0.3 is 6.09 Å². The van der Waals surface area contributed by atoms with Crippen LogP contribution in [0.15, 0.2) is 0 Å². The highest BCUT2D eigenvalue weighted by Gasteiger charge is 2.35. The monoisotopic (exact) mass is 207 g/mol. The van der Waals surface area contributed by atoms with Gasteiger partial charge in [-0.3, -0.25) is 4.18 Å². The second-order valence-electron chi connectivity index (χ2n) is 2.91. The second-order valence-corrected chi connectivity index (χ2v) is 3.97. The van der Waals surface area contributed by atoms with E-state index in [0.717, 1.165) is 17.1 Å². The standard InChI is InChI=1S/C7H13NO4S/c1-2-3-4-6-5-12-13(11)8(6)7(9)10/h6H,2-5H2,1H3,(H,9,10)/t6-,13?/m0/s1. The van der Waals surface area contributed by atoms with Gasteiger partial charge in [0.1, 0.15) is 0 Å². The van der Waals surface area contributed by atoms with Crippen molar-refractivity contribution in [3.05, 3.63) is 0 Å². The molecule has 6 heteroatoms. The molecule has 13 heavy (non-hydrogen) atoms. The van der Waals surface area contributed by atoms with Gasteiger partial charge in [-0.1, -0.05) is 19.8 Å². The van der Waals surface area contributed by atoms with E-state index in [1.54, 1.807) is 0 Å². The van der Waals surface area contributed by atoms with Gasteiger partial charge < -0.3 is 5.11 Å². The molecule has 0 radical (unpaired) electrons. The van der Waals surface area contributed by atoms with Crippen LogP contribution >= 0.6 is 0 Å². The molecule has 0 aromatic carbocycles. The minimum atomic E-state index is -1.79. The lowest BCUT2D eigenvalue weighted by Gasteiger charge is -2.15. The summed E-state index contributed by atoms with van der Waals surface area (Å²) in [4.78, 5) is 10.6. The van der Waals surface area contributed by atoms with Gasteiger partial charge in [0, 0.05) is 0 Å². The summed E-state index contributed by atoms with van der Waals surface area (Å²) in [5.41, 5.74) is 0. The van der Waals surface area contributed by atoms with Crippen LogP contribution in [0.4, 0.5) is 4.79 Å². The highest BCUT2D eigenvalue weighted by atomic mass is 32.2. The Morgan fingerprint density at radius 3 is 3.00 bits per heavy atom. The van der Waals surface area contributed by atoms with E-state index in [-0.39, 0.29) is 12.6 Å². The fourth-order valence-electron chi connectivity index (χ4n) is 1.24. The Morgan fingerprint density at radius 2 is 2.46 bits per heavy atom. The van der Waals surface area contributed by atoms with Crippen molar-refractivity contribution in [3.63, 3.8) is 0 Å². The molecule has 1 aliphatic heterocycles. The van der Waals surface area contributed by atoms with Crippen LogP contribution in [0.1, 0.15) is 26.2 Å². The Morgan fingerprint density at radius 1 is 1.77 bits per heavy atom. The van der Waals surface area contributed by atoms with Crippen LogP contribution < -0.4 is 0 Å². The first kappa shape index (κ1) is 10.5. The van der Waals surface area contributed by atoms with E-state index in [1.807, 2.05) is 6.92 Å². The Balaban J connectivity index is 2.54. The van der Waals surface area contributed by atoms with Crippen LogP contribution in [-0.2, 0) is 15.4 Å². The maximum atomic E-state index is 11.0. The van der Waals surface area contributed by atoms with Crippen LogP contribution in [0.2, 0.25) is 0 Å². The fraction of sp³-hybridized carbons (Fsp3) is 0.857. The number of unbranched alkanes of at least 4 members (excludes halogenated alkanes) is 1. The van der Waals surface area contributed by atoms with E-state index in [2.05, 4.69) is 0 Å². The number of carboxylic acid groups (broad SMARTS) is 1. The molecule has 2 atom stereocenters. The highest BCUT2D eigenvalue weighted by Crippen LogP contribution is 2.19. The molecule has 0 bridgehead atoms. The molecular weight excluding hydrogens is 194 g/mol. The third kappa shape index (κ3) is 2.41. The predicted octanol–water partition coefficient (Wildman–Crippen LogP) is 1.13. The van der Waals surface area contributed by atoms with E-state index in [9.17, 15) is 9.00 Å². The van der Waals surface area contributed by atoms with Crippen LogP contribution in [-0.4, -0.2) is 32.4 Å². The first-order valence-electron chi connectivity index (χ1n) is 4.24. The number of carbonyl (C=O) groups is 1. The van der Waals surface area contributed by atoms with Gasteiger partial charge in [-0.05, 0) is 6.42 Å². The molecule has 5 nitrogen and oxygen atoms in total. The Labute approximate surface area is 79.5 Å². The summed E-state index contributed by atoms with van der Waals surface area (Å²) in [5, 5.41) is 8.71. The molecule has 1 fully saturated rings. The van der Waals surface area contributed by atoms with Crippen LogP contribution in [0.25, 0.3) is 0 Å². The van der Waals surface area contributed by atoms with Gasteiger partial charge in [0.05, 0.1) is 12.6 Å². The SMILES string of the molecule is CCCC[C@H]1COS(=O)N1C(=O)O. The molecule has 1 heterocycles. The lowest BCUT2D eigenvalue weighted by molar-refractivity contribution is 0.163. The van der Waals surface area contributed by atoms with Crippen molar-refractivity contribution in [2.75, 3.05) is 6.61 Å². The topological polar surface area (TPSA) is 66.8 Å². The van der Waals surface area contributed by atoms with Gasteiger partial charge in [0.15, 0.2) is 0 Å². The minimum absolute atomic E-state index is 0.238. The van der Waals surface area contributed by atoms with E-state index < -0.39 is 17.4 Å². The smallest absolute Gasteiger partial charge is 0.421 e. The third-order valence-corrected chi connectivity index (χ3v) is 3.05. The van der Waals surface area contributed by atoms with E-state index in [0.29, 0.717) is 6.42 Å². The fourth-order valence-corrected chi connectivity index (χ4v) is 2.17. The van der Waals surface area contributed by atoms with Crippen molar-refractivity contribution < 1.29 is 18.3 Å². The molecule has 1 rings (SSSR count). The van der Waals surface area contributed by atoms with E-state index in [4.69, 9.17) is 9.29 Å². The van der Waals surface area contributed by atoms with Crippen LogP contribution in [0.5, 0.6) is 0 Å². The van der Waals surface area contributed by atoms with Crippen molar-refractivity contribution in [2.24, 2.45) is 0 Å². The molecule has 0 spiro atoms. The molecule has 1 unspecified atom stereocenters. The lowest BCUT2D eigenvalue weighted by atomic mass is 10.1. The molecule has 0 aliphatic carbocycles. The number of hydrogen-bond donors (Lipinski definition) is 1. The normalized spacial score (nSPS) is 27.9. The van der Waals surface area contributed by atoms with Crippen molar-refractivity contribution in [3.8, 4) is 0 Å². The van der Waals surface area contributed by atoms with Crippen LogP contribution in [0, 0.1) is 0 Å². The summed E-state index contributed by atoms with van der Waals surface area (Å²) in [5.74, 6) is 0. The molecular formula is C7H13NO4S. The molecule has 0 saturated carbocycles. The summed E-state index contributed by atoms with van der Waals surface area (Å²) in [6.07, 6.45) is 1.47. The first-order valence-corrected chi connectivity index (χ1v) is 5.27. The minimum Gasteiger partial charge on any atom is -0.464 e. The largest absolute Gasteiger partial charge is 0.464 e. The number of rotatable bonds is 3. The Hall–Kier alpha value is -0.620. The predicted molar refractivity (Wildman–Crippen MR) is 47.3 cm³/mol. The zero-order chi connectivity index (χ0) is 9.84.